The van der Waals surface area contributed by atoms with Gasteiger partial charge in [0.25, 0.3) is 0 Å². The van der Waals surface area contributed by atoms with Crippen molar-refractivity contribution < 1.29 is 9.90 Å². The molecule has 2 aromatic carbocycles. The number of hydrogen-bond donors (Lipinski definition) is 3. The highest BCUT2D eigenvalue weighted by Gasteiger charge is 2.12. The molecule has 0 aliphatic rings. The number of aromatic carboxylic acids is 1. The van der Waals surface area contributed by atoms with Gasteiger partial charge in [0.05, 0.1) is 10.6 Å². The van der Waals surface area contributed by atoms with E-state index in [9.17, 15) is 4.79 Å². The Morgan fingerprint density at radius 1 is 1.30 bits per heavy atom. The molecule has 4 nitrogen and oxygen atoms in total. The summed E-state index contributed by atoms with van der Waals surface area (Å²) in [5.41, 5.74) is 8.22. The van der Waals surface area contributed by atoms with Gasteiger partial charge in [0, 0.05) is 21.5 Å². The summed E-state index contributed by atoms with van der Waals surface area (Å²) in [6.07, 6.45) is 0. The number of hydrogen-bond acceptors (Lipinski definition) is 3. The highest BCUT2D eigenvalue weighted by Crippen LogP contribution is 2.29. The van der Waals surface area contributed by atoms with Crippen molar-refractivity contribution in [1.82, 2.24) is 0 Å². The molecule has 2 rings (SSSR count). The molecule has 0 spiro atoms. The molecule has 0 amide bonds. The molecule has 0 fully saturated rings. The second-order valence-electron chi connectivity index (χ2n) is 4.31. The maximum atomic E-state index is 11.1. The minimum absolute atomic E-state index is 0.0794. The lowest BCUT2D eigenvalue weighted by atomic mass is 10.1. The number of aryl methyl sites for hydroxylation is 1. The molecule has 20 heavy (non-hydrogen) atoms. The third kappa shape index (κ3) is 3.05. The highest BCUT2D eigenvalue weighted by atomic mass is 79.9. The number of halogens is 2. The van der Waals surface area contributed by atoms with Crippen molar-refractivity contribution in [2.75, 3.05) is 11.1 Å². The number of carbonyl (C=O) groups is 1. The number of nitrogens with one attached hydrogen (secondary N) is 1. The molecule has 0 unspecified atom stereocenters. The smallest absolute Gasteiger partial charge is 0.337 e. The molecule has 0 atom stereocenters. The number of carboxylic acid groups (broad SMARTS) is 1. The van der Waals surface area contributed by atoms with E-state index >= 15 is 0 Å². The number of carboxylic acids is 1. The number of anilines is 3. The van der Waals surface area contributed by atoms with Gasteiger partial charge < -0.3 is 16.2 Å². The van der Waals surface area contributed by atoms with E-state index in [1.165, 1.54) is 6.07 Å². The van der Waals surface area contributed by atoms with E-state index in [4.69, 9.17) is 22.4 Å². The average molecular weight is 356 g/mol. The van der Waals surface area contributed by atoms with Gasteiger partial charge in [0.1, 0.15) is 0 Å². The predicted octanol–water partition coefficient (Wildman–Crippen LogP) is 4.43. The minimum Gasteiger partial charge on any atom is -0.478 e. The summed E-state index contributed by atoms with van der Waals surface area (Å²) in [4.78, 5) is 11.1. The van der Waals surface area contributed by atoms with E-state index in [-0.39, 0.29) is 11.3 Å². The average Bonchev–Trinajstić information content (AvgIpc) is 2.37. The van der Waals surface area contributed by atoms with Gasteiger partial charge in [-0.1, -0.05) is 11.6 Å². The topological polar surface area (TPSA) is 75.3 Å². The maximum Gasteiger partial charge on any atom is 0.337 e. The van der Waals surface area contributed by atoms with Crippen LogP contribution in [0.5, 0.6) is 0 Å². The van der Waals surface area contributed by atoms with Crippen molar-refractivity contribution in [3.8, 4) is 0 Å². The zero-order valence-electron chi connectivity index (χ0n) is 10.6. The monoisotopic (exact) mass is 354 g/mol. The van der Waals surface area contributed by atoms with Crippen LogP contribution >= 0.6 is 27.5 Å². The summed E-state index contributed by atoms with van der Waals surface area (Å²) in [5.74, 6) is -1.05. The van der Waals surface area contributed by atoms with Crippen LogP contribution in [0.15, 0.2) is 34.8 Å². The van der Waals surface area contributed by atoms with E-state index < -0.39 is 5.97 Å². The normalized spacial score (nSPS) is 10.3. The van der Waals surface area contributed by atoms with Crippen LogP contribution in [-0.2, 0) is 0 Å². The molecule has 0 aliphatic carbocycles. The van der Waals surface area contributed by atoms with Gasteiger partial charge >= 0.3 is 5.97 Å². The molecule has 0 saturated heterocycles. The quantitative estimate of drug-likeness (QED) is 0.712. The first-order valence-electron chi connectivity index (χ1n) is 5.74. The van der Waals surface area contributed by atoms with E-state index in [0.717, 1.165) is 10.2 Å². The number of nitrogens with two attached hydrogens (primary N) is 1. The molecule has 0 radical (unpaired) electrons. The first-order chi connectivity index (χ1) is 9.38. The van der Waals surface area contributed by atoms with E-state index in [0.29, 0.717) is 16.3 Å². The van der Waals surface area contributed by atoms with Crippen LogP contribution in [0.4, 0.5) is 17.1 Å². The first-order valence-corrected chi connectivity index (χ1v) is 6.91. The van der Waals surface area contributed by atoms with Crippen LogP contribution in [0.25, 0.3) is 0 Å². The van der Waals surface area contributed by atoms with Crippen LogP contribution in [0, 0.1) is 6.92 Å². The Labute approximate surface area is 129 Å². The van der Waals surface area contributed by atoms with Crippen molar-refractivity contribution in [3.05, 3.63) is 51.0 Å². The van der Waals surface area contributed by atoms with Gasteiger partial charge in [-0.2, -0.15) is 0 Å². The summed E-state index contributed by atoms with van der Waals surface area (Å²) in [6, 6.07) is 8.69. The molecular weight excluding hydrogens is 344 g/mol. The van der Waals surface area contributed by atoms with Crippen LogP contribution in [0.1, 0.15) is 15.9 Å². The van der Waals surface area contributed by atoms with Crippen molar-refractivity contribution in [3.63, 3.8) is 0 Å². The van der Waals surface area contributed by atoms with Crippen LogP contribution in [0.2, 0.25) is 5.02 Å². The molecule has 104 valence electrons. The van der Waals surface area contributed by atoms with E-state index in [1.54, 1.807) is 19.1 Å². The second-order valence-corrected chi connectivity index (χ2v) is 5.57. The molecule has 2 aromatic rings. The highest BCUT2D eigenvalue weighted by molar-refractivity contribution is 9.10. The lowest BCUT2D eigenvalue weighted by molar-refractivity contribution is 0.0698. The molecule has 0 saturated carbocycles. The Bertz CT molecular complexity index is 689. The van der Waals surface area contributed by atoms with Crippen molar-refractivity contribution in [1.29, 1.82) is 0 Å². The van der Waals surface area contributed by atoms with Crippen LogP contribution < -0.4 is 11.1 Å². The summed E-state index contributed by atoms with van der Waals surface area (Å²) >= 11 is 9.33. The molecule has 0 aliphatic heterocycles. The van der Waals surface area contributed by atoms with Crippen molar-refractivity contribution >= 4 is 50.6 Å². The number of benzene rings is 2. The zero-order chi connectivity index (χ0) is 14.9. The fourth-order valence-corrected chi connectivity index (χ4v) is 2.22. The lowest BCUT2D eigenvalue weighted by Crippen LogP contribution is -2.05. The molecule has 4 N–H and O–H groups in total. The van der Waals surface area contributed by atoms with Gasteiger partial charge in [-0.25, -0.2) is 4.79 Å². The third-order valence-corrected chi connectivity index (χ3v) is 4.06. The van der Waals surface area contributed by atoms with E-state index in [2.05, 4.69) is 21.2 Å². The van der Waals surface area contributed by atoms with Crippen molar-refractivity contribution in [2.45, 2.75) is 6.92 Å². The molecule has 6 heteroatoms. The molecule has 0 aromatic heterocycles. The van der Waals surface area contributed by atoms with Gasteiger partial charge in [0.2, 0.25) is 0 Å². The van der Waals surface area contributed by atoms with Crippen LogP contribution in [0.3, 0.4) is 0 Å². The Hall–Kier alpha value is -1.72. The Morgan fingerprint density at radius 3 is 2.60 bits per heavy atom. The zero-order valence-corrected chi connectivity index (χ0v) is 12.9. The van der Waals surface area contributed by atoms with E-state index in [1.807, 2.05) is 12.1 Å². The Balaban J connectivity index is 2.38. The molecule has 0 bridgehead atoms. The number of rotatable bonds is 3. The van der Waals surface area contributed by atoms with Crippen molar-refractivity contribution in [2.24, 2.45) is 0 Å². The minimum atomic E-state index is -1.05. The third-order valence-electron chi connectivity index (χ3n) is 2.83. The summed E-state index contributed by atoms with van der Waals surface area (Å²) in [6.45, 7) is 1.77. The fourth-order valence-electron chi connectivity index (χ4n) is 1.79. The largest absolute Gasteiger partial charge is 0.478 e. The van der Waals surface area contributed by atoms with Crippen LogP contribution in [-0.4, -0.2) is 11.1 Å². The fraction of sp³-hybridized carbons (Fsp3) is 0.0714. The van der Waals surface area contributed by atoms with Gasteiger partial charge in [-0.3, -0.25) is 0 Å². The predicted molar refractivity (Wildman–Crippen MR) is 85.0 cm³/mol. The van der Waals surface area contributed by atoms with Gasteiger partial charge in [-0.05, 0) is 58.7 Å². The standard InChI is InChI=1S/C14H12BrClN2O2/c1-7-4-9(5-10(13(7)17)14(19)20)18-8-2-3-11(15)12(16)6-8/h2-6,18H,17H2,1H3,(H,19,20). The van der Waals surface area contributed by atoms with Gasteiger partial charge in [0.15, 0.2) is 0 Å². The SMILES string of the molecule is Cc1cc(Nc2ccc(Br)c(Cl)c2)cc(C(=O)O)c1N. The maximum absolute atomic E-state index is 11.1. The number of nitrogen functional groups attached to an aromatic ring is 1. The summed E-state index contributed by atoms with van der Waals surface area (Å²) < 4.78 is 0.796. The lowest BCUT2D eigenvalue weighted by Gasteiger charge is -2.12. The summed E-state index contributed by atoms with van der Waals surface area (Å²) in [5, 5.41) is 12.8. The Morgan fingerprint density at radius 2 is 2.00 bits per heavy atom. The Kier molecular flexibility index (Phi) is 4.20. The summed E-state index contributed by atoms with van der Waals surface area (Å²) in [7, 11) is 0. The second kappa shape index (κ2) is 5.73. The molecule has 0 heterocycles. The van der Waals surface area contributed by atoms with Gasteiger partial charge in [-0.15, -0.1) is 0 Å². The first kappa shape index (κ1) is 14.7. The molecular formula is C14H12BrClN2O2.